The third-order valence-electron chi connectivity index (χ3n) is 4.88. The predicted molar refractivity (Wildman–Crippen MR) is 113 cm³/mol. The summed E-state index contributed by atoms with van der Waals surface area (Å²) in [6.07, 6.45) is 3.52. The van der Waals surface area contributed by atoms with Crippen molar-refractivity contribution in [3.8, 4) is 16.8 Å². The van der Waals surface area contributed by atoms with Gasteiger partial charge in [0, 0.05) is 0 Å². The Morgan fingerprint density at radius 2 is 1.62 bits per heavy atom. The van der Waals surface area contributed by atoms with Crippen LogP contribution in [0, 0.1) is 0 Å². The number of carbonyl (C=O) groups excluding carboxylic acids is 1. The topological polar surface area (TPSA) is 59.8 Å². The van der Waals surface area contributed by atoms with Gasteiger partial charge in [0.2, 0.25) is 5.91 Å². The zero-order valence-electron chi connectivity index (χ0n) is 16.2. The van der Waals surface area contributed by atoms with Crippen LogP contribution in [0.25, 0.3) is 16.8 Å². The van der Waals surface area contributed by atoms with E-state index in [-0.39, 0.29) is 11.9 Å². The van der Waals surface area contributed by atoms with Crippen molar-refractivity contribution in [3.63, 3.8) is 0 Å². The van der Waals surface area contributed by atoms with Gasteiger partial charge in [-0.2, -0.15) is 5.10 Å². The average molecular weight is 382 g/mol. The van der Waals surface area contributed by atoms with Crippen LogP contribution in [0.5, 0.6) is 0 Å². The first-order chi connectivity index (χ1) is 14.2. The summed E-state index contributed by atoms with van der Waals surface area (Å²) in [5.41, 5.74) is 5.29. The normalized spacial score (nSPS) is 11.8. The molecular weight excluding hydrogens is 360 g/mol. The predicted octanol–water partition coefficient (Wildman–Crippen LogP) is 4.35. The summed E-state index contributed by atoms with van der Waals surface area (Å²) < 4.78 is 1.70. The highest BCUT2D eigenvalue weighted by atomic mass is 16.1. The van der Waals surface area contributed by atoms with Gasteiger partial charge in [0.25, 0.3) is 0 Å². The number of nitrogens with one attached hydrogen (secondary N) is 1. The molecule has 4 aromatic rings. The molecule has 1 N–H and O–H groups in total. The molecule has 1 unspecified atom stereocenters. The molecule has 5 heteroatoms. The first-order valence-corrected chi connectivity index (χ1v) is 9.58. The van der Waals surface area contributed by atoms with E-state index in [4.69, 9.17) is 0 Å². The molecule has 3 aromatic carbocycles. The number of nitrogens with zero attached hydrogens (tertiary/aromatic N) is 3. The van der Waals surface area contributed by atoms with Gasteiger partial charge in [0.05, 0.1) is 18.2 Å². The maximum absolute atomic E-state index is 12.5. The van der Waals surface area contributed by atoms with Crippen molar-refractivity contribution in [2.45, 2.75) is 19.4 Å². The van der Waals surface area contributed by atoms with Gasteiger partial charge < -0.3 is 5.32 Å². The highest BCUT2D eigenvalue weighted by Crippen LogP contribution is 2.20. The maximum atomic E-state index is 12.5. The van der Waals surface area contributed by atoms with Gasteiger partial charge in [-0.25, -0.2) is 9.67 Å². The number of hydrogen-bond donors (Lipinski definition) is 1. The van der Waals surface area contributed by atoms with Gasteiger partial charge in [-0.05, 0) is 41.3 Å². The Hall–Kier alpha value is -3.73. The van der Waals surface area contributed by atoms with E-state index in [0.717, 1.165) is 22.4 Å². The van der Waals surface area contributed by atoms with E-state index >= 15 is 0 Å². The van der Waals surface area contributed by atoms with E-state index in [2.05, 4.69) is 39.7 Å². The molecule has 5 nitrogen and oxygen atoms in total. The minimum atomic E-state index is -0.0733. The molecule has 1 amide bonds. The highest BCUT2D eigenvalue weighted by molar-refractivity contribution is 5.79. The monoisotopic (exact) mass is 382 g/mol. The zero-order valence-corrected chi connectivity index (χ0v) is 16.2. The Morgan fingerprint density at radius 3 is 2.28 bits per heavy atom. The Bertz CT molecular complexity index is 1060. The van der Waals surface area contributed by atoms with E-state index in [0.29, 0.717) is 6.42 Å². The van der Waals surface area contributed by atoms with Crippen LogP contribution in [0.15, 0.2) is 91.5 Å². The van der Waals surface area contributed by atoms with Crippen molar-refractivity contribution in [2.24, 2.45) is 0 Å². The molecule has 0 fully saturated rings. The Labute approximate surface area is 170 Å². The third kappa shape index (κ3) is 4.58. The number of rotatable bonds is 6. The molecule has 29 heavy (non-hydrogen) atoms. The summed E-state index contributed by atoms with van der Waals surface area (Å²) in [5, 5.41) is 7.19. The van der Waals surface area contributed by atoms with Crippen molar-refractivity contribution in [1.82, 2.24) is 20.1 Å². The molecule has 4 rings (SSSR count). The summed E-state index contributed by atoms with van der Waals surface area (Å²) in [6.45, 7) is 1.99. The molecular formula is C24H22N4O. The summed E-state index contributed by atoms with van der Waals surface area (Å²) >= 11 is 0. The fourth-order valence-electron chi connectivity index (χ4n) is 3.26. The zero-order chi connectivity index (χ0) is 20.1. The number of hydrogen-bond acceptors (Lipinski definition) is 3. The minimum Gasteiger partial charge on any atom is -0.349 e. The lowest BCUT2D eigenvalue weighted by molar-refractivity contribution is -0.121. The number of aromatic nitrogens is 3. The Kier molecular flexibility index (Phi) is 5.47. The van der Waals surface area contributed by atoms with Crippen molar-refractivity contribution in [2.75, 3.05) is 0 Å². The molecule has 1 heterocycles. The fraction of sp³-hybridized carbons (Fsp3) is 0.125. The fourth-order valence-corrected chi connectivity index (χ4v) is 3.26. The molecule has 0 aliphatic rings. The summed E-state index contributed by atoms with van der Waals surface area (Å²) in [4.78, 5) is 16.4. The third-order valence-corrected chi connectivity index (χ3v) is 4.88. The van der Waals surface area contributed by atoms with Crippen molar-refractivity contribution >= 4 is 5.91 Å². The van der Waals surface area contributed by atoms with Gasteiger partial charge in [-0.15, -0.1) is 0 Å². The first-order valence-electron chi connectivity index (χ1n) is 9.58. The van der Waals surface area contributed by atoms with E-state index in [9.17, 15) is 4.79 Å². The second kappa shape index (κ2) is 8.52. The summed E-state index contributed by atoms with van der Waals surface area (Å²) in [6, 6.07) is 26.2. The van der Waals surface area contributed by atoms with Crippen LogP contribution < -0.4 is 5.32 Å². The van der Waals surface area contributed by atoms with E-state index < -0.39 is 0 Å². The van der Waals surface area contributed by atoms with E-state index in [1.165, 1.54) is 11.9 Å². The quantitative estimate of drug-likeness (QED) is 0.539. The minimum absolute atomic E-state index is 0.00492. The molecule has 144 valence electrons. The average Bonchev–Trinajstić information content (AvgIpc) is 3.30. The molecule has 0 aliphatic heterocycles. The van der Waals surface area contributed by atoms with E-state index in [1.54, 1.807) is 11.0 Å². The number of amides is 1. The molecule has 0 bridgehead atoms. The van der Waals surface area contributed by atoms with Crippen LogP contribution in [0.3, 0.4) is 0 Å². The second-order valence-electron chi connectivity index (χ2n) is 6.96. The van der Waals surface area contributed by atoms with Crippen molar-refractivity contribution in [1.29, 1.82) is 0 Å². The highest BCUT2D eigenvalue weighted by Gasteiger charge is 2.11. The summed E-state index contributed by atoms with van der Waals surface area (Å²) in [5.74, 6) is 0.00492. The molecule has 0 aliphatic carbocycles. The van der Waals surface area contributed by atoms with Crippen LogP contribution in [0.4, 0.5) is 0 Å². The lowest BCUT2D eigenvalue weighted by atomic mass is 10.0. The molecule has 0 saturated heterocycles. The van der Waals surface area contributed by atoms with Gasteiger partial charge in [-0.3, -0.25) is 4.79 Å². The largest absolute Gasteiger partial charge is 0.349 e. The van der Waals surface area contributed by atoms with Crippen LogP contribution in [-0.2, 0) is 11.2 Å². The van der Waals surface area contributed by atoms with Crippen molar-refractivity contribution in [3.05, 3.63) is 103 Å². The molecule has 1 aromatic heterocycles. The smallest absolute Gasteiger partial charge is 0.224 e. The van der Waals surface area contributed by atoms with Crippen LogP contribution in [-0.4, -0.2) is 20.7 Å². The number of carbonyl (C=O) groups is 1. The van der Waals surface area contributed by atoms with Crippen LogP contribution >= 0.6 is 0 Å². The van der Waals surface area contributed by atoms with Gasteiger partial charge >= 0.3 is 0 Å². The molecule has 1 atom stereocenters. The molecule has 0 spiro atoms. The summed E-state index contributed by atoms with van der Waals surface area (Å²) in [7, 11) is 0. The Morgan fingerprint density at radius 1 is 0.931 bits per heavy atom. The second-order valence-corrected chi connectivity index (χ2v) is 6.96. The van der Waals surface area contributed by atoms with Crippen LogP contribution in [0.2, 0.25) is 0 Å². The van der Waals surface area contributed by atoms with Gasteiger partial charge in [0.15, 0.2) is 0 Å². The SMILES string of the molecule is CC(NC(=O)Cc1ccc(-c2ccccc2)cc1)c1ccc(-n2cncn2)cc1. The lowest BCUT2D eigenvalue weighted by Gasteiger charge is -2.15. The first kappa shape index (κ1) is 18.6. The van der Waals surface area contributed by atoms with Crippen molar-refractivity contribution < 1.29 is 4.79 Å². The molecule has 0 saturated carbocycles. The van der Waals surface area contributed by atoms with E-state index in [1.807, 2.05) is 61.5 Å². The standard InChI is InChI=1S/C24H22N4O/c1-18(20-11-13-23(14-12-20)28-17-25-16-26-28)27-24(29)15-19-7-9-22(10-8-19)21-5-3-2-4-6-21/h2-14,16-18H,15H2,1H3,(H,27,29). The van der Waals surface area contributed by atoms with Gasteiger partial charge in [-0.1, -0.05) is 66.7 Å². The maximum Gasteiger partial charge on any atom is 0.224 e. The number of benzene rings is 3. The molecule has 0 radical (unpaired) electrons. The van der Waals surface area contributed by atoms with Crippen LogP contribution in [0.1, 0.15) is 24.1 Å². The lowest BCUT2D eigenvalue weighted by Crippen LogP contribution is -2.28. The van der Waals surface area contributed by atoms with Gasteiger partial charge in [0.1, 0.15) is 12.7 Å². The Balaban J connectivity index is 1.35.